The molecule has 4 aromatic carbocycles. The van der Waals surface area contributed by atoms with Gasteiger partial charge >= 0.3 is 0 Å². The van der Waals surface area contributed by atoms with Gasteiger partial charge in [-0.05, 0) is 52.4 Å². The molecular weight excluding hydrogens is 536 g/mol. The zero-order valence-corrected chi connectivity index (χ0v) is 24.0. The molecule has 0 aliphatic carbocycles. The van der Waals surface area contributed by atoms with E-state index in [0.29, 0.717) is 25.3 Å². The number of imidazole rings is 2. The molecule has 1 atom stereocenters. The van der Waals surface area contributed by atoms with Gasteiger partial charge in [-0.3, -0.25) is 14.5 Å². The van der Waals surface area contributed by atoms with Crippen molar-refractivity contribution in [1.82, 2.24) is 25.3 Å². The Bertz CT molecular complexity index is 1740. The van der Waals surface area contributed by atoms with E-state index in [-0.39, 0.29) is 18.2 Å². The molecule has 0 aliphatic rings. The van der Waals surface area contributed by atoms with E-state index in [1.165, 1.54) is 0 Å². The standard InChI is InChI=1S/C35H34N6O2/c1-2-41(35-37-17-18-38-35)34(43)32(21-29-22-36-23-39-29)40-33(42)28(19-26-13-7-11-24-9-3-5-15-30(24)26)20-27-14-8-12-25-10-4-6-16-31(25)27/h3-18,22-23,28,32H,2,19-21H2,1H3,(H,36,39)(H,37,38)(H,40,42). The number of likely N-dealkylation sites (N-methyl/N-ethyl adjacent to an activating group) is 1. The lowest BCUT2D eigenvalue weighted by molar-refractivity contribution is -0.130. The number of nitrogens with one attached hydrogen (secondary N) is 3. The number of rotatable bonds is 11. The second-order valence-electron chi connectivity index (χ2n) is 10.7. The molecule has 2 heterocycles. The van der Waals surface area contributed by atoms with E-state index in [9.17, 15) is 9.59 Å². The summed E-state index contributed by atoms with van der Waals surface area (Å²) in [5, 5.41) is 7.67. The number of aromatic nitrogens is 4. The number of benzene rings is 4. The van der Waals surface area contributed by atoms with Crippen LogP contribution < -0.4 is 10.2 Å². The van der Waals surface area contributed by atoms with Gasteiger partial charge in [-0.15, -0.1) is 0 Å². The molecule has 6 rings (SSSR count). The highest BCUT2D eigenvalue weighted by Crippen LogP contribution is 2.26. The van der Waals surface area contributed by atoms with Gasteiger partial charge in [0.05, 0.1) is 6.33 Å². The first-order valence-corrected chi connectivity index (χ1v) is 14.6. The third kappa shape index (κ3) is 6.18. The van der Waals surface area contributed by atoms with Gasteiger partial charge in [0.2, 0.25) is 11.9 Å². The lowest BCUT2D eigenvalue weighted by Crippen LogP contribution is -2.52. The second kappa shape index (κ2) is 12.7. The minimum Gasteiger partial charge on any atom is -0.348 e. The molecule has 0 saturated heterocycles. The van der Waals surface area contributed by atoms with Crippen molar-refractivity contribution in [3.05, 3.63) is 127 Å². The number of fused-ring (bicyclic) bond motifs is 2. The summed E-state index contributed by atoms with van der Waals surface area (Å²) in [5.74, 6) is -0.393. The van der Waals surface area contributed by atoms with Crippen molar-refractivity contribution in [2.75, 3.05) is 11.4 Å². The van der Waals surface area contributed by atoms with Crippen molar-refractivity contribution in [2.45, 2.75) is 32.2 Å². The Morgan fingerprint density at radius 2 is 1.44 bits per heavy atom. The van der Waals surface area contributed by atoms with Crippen LogP contribution in [0.25, 0.3) is 21.5 Å². The highest BCUT2D eigenvalue weighted by atomic mass is 16.2. The normalized spacial score (nSPS) is 12.0. The molecule has 2 aromatic heterocycles. The zero-order chi connectivity index (χ0) is 29.6. The van der Waals surface area contributed by atoms with Crippen LogP contribution in [0.3, 0.4) is 0 Å². The minimum atomic E-state index is -0.819. The molecule has 0 saturated carbocycles. The molecule has 216 valence electrons. The lowest BCUT2D eigenvalue weighted by Gasteiger charge is -2.27. The number of hydrogen-bond acceptors (Lipinski definition) is 4. The van der Waals surface area contributed by atoms with Gasteiger partial charge in [-0.1, -0.05) is 84.9 Å². The van der Waals surface area contributed by atoms with Crippen LogP contribution >= 0.6 is 0 Å². The predicted octanol–water partition coefficient (Wildman–Crippen LogP) is 5.62. The van der Waals surface area contributed by atoms with Gasteiger partial charge < -0.3 is 15.3 Å². The van der Waals surface area contributed by atoms with E-state index in [1.807, 2.05) is 43.3 Å². The van der Waals surface area contributed by atoms with Crippen molar-refractivity contribution in [3.63, 3.8) is 0 Å². The summed E-state index contributed by atoms with van der Waals surface area (Å²) in [7, 11) is 0. The summed E-state index contributed by atoms with van der Waals surface area (Å²) in [6.07, 6.45) is 7.87. The summed E-state index contributed by atoms with van der Waals surface area (Å²) in [6.45, 7) is 2.29. The van der Waals surface area contributed by atoms with Gasteiger partial charge in [0.25, 0.3) is 5.91 Å². The van der Waals surface area contributed by atoms with Crippen molar-refractivity contribution in [3.8, 4) is 0 Å². The molecule has 8 nitrogen and oxygen atoms in total. The highest BCUT2D eigenvalue weighted by molar-refractivity contribution is 5.98. The van der Waals surface area contributed by atoms with Crippen LogP contribution in [0.2, 0.25) is 0 Å². The van der Waals surface area contributed by atoms with Gasteiger partial charge in [-0.2, -0.15) is 0 Å². The number of H-pyrrole nitrogens is 2. The van der Waals surface area contributed by atoms with E-state index in [0.717, 1.165) is 38.4 Å². The largest absolute Gasteiger partial charge is 0.348 e. The molecular formula is C35H34N6O2. The Kier molecular flexibility index (Phi) is 8.26. The highest BCUT2D eigenvalue weighted by Gasteiger charge is 2.31. The summed E-state index contributed by atoms with van der Waals surface area (Å²) in [6, 6.07) is 28.1. The molecule has 2 amide bonds. The summed E-state index contributed by atoms with van der Waals surface area (Å²) in [5.41, 5.74) is 2.95. The van der Waals surface area contributed by atoms with Crippen LogP contribution in [0.4, 0.5) is 5.95 Å². The van der Waals surface area contributed by atoms with Crippen LogP contribution in [0.15, 0.2) is 110 Å². The Balaban J connectivity index is 1.35. The van der Waals surface area contributed by atoms with Gasteiger partial charge in [0.1, 0.15) is 6.04 Å². The van der Waals surface area contributed by atoms with Crippen LogP contribution in [0.1, 0.15) is 23.7 Å². The van der Waals surface area contributed by atoms with Crippen LogP contribution in [-0.2, 0) is 28.9 Å². The molecule has 1 unspecified atom stereocenters. The summed E-state index contributed by atoms with van der Waals surface area (Å²) < 4.78 is 0. The van der Waals surface area contributed by atoms with Gasteiger partial charge in [-0.25, -0.2) is 9.97 Å². The fourth-order valence-electron chi connectivity index (χ4n) is 5.84. The SMILES string of the molecule is CCN(C(=O)C(Cc1cnc[nH]1)NC(=O)C(Cc1cccc2ccccc12)Cc1cccc2ccccc12)c1ncc[nH]1. The number of hydrogen-bond donors (Lipinski definition) is 3. The van der Waals surface area contributed by atoms with Crippen molar-refractivity contribution < 1.29 is 9.59 Å². The van der Waals surface area contributed by atoms with Gasteiger partial charge in [0.15, 0.2) is 0 Å². The second-order valence-corrected chi connectivity index (χ2v) is 10.7. The first-order valence-electron chi connectivity index (χ1n) is 14.6. The number of anilines is 1. The van der Waals surface area contributed by atoms with E-state index in [4.69, 9.17) is 0 Å². The quantitative estimate of drug-likeness (QED) is 0.188. The van der Waals surface area contributed by atoms with Crippen LogP contribution in [0, 0.1) is 5.92 Å². The zero-order valence-electron chi connectivity index (χ0n) is 24.0. The van der Waals surface area contributed by atoms with Crippen molar-refractivity contribution >= 4 is 39.3 Å². The molecule has 0 fully saturated rings. The topological polar surface area (TPSA) is 107 Å². The Morgan fingerprint density at radius 3 is 2.00 bits per heavy atom. The predicted molar refractivity (Wildman–Crippen MR) is 170 cm³/mol. The molecule has 6 aromatic rings. The first kappa shape index (κ1) is 27.9. The average Bonchev–Trinajstić information content (AvgIpc) is 3.76. The number of nitrogens with zero attached hydrogens (tertiary/aromatic N) is 3. The third-order valence-electron chi connectivity index (χ3n) is 7.98. The maximum absolute atomic E-state index is 14.3. The molecule has 0 spiro atoms. The molecule has 3 N–H and O–H groups in total. The van der Waals surface area contributed by atoms with Crippen LogP contribution in [0.5, 0.6) is 0 Å². The average molecular weight is 571 g/mol. The number of carbonyl (C=O) groups excluding carboxylic acids is 2. The molecule has 0 aliphatic heterocycles. The fraction of sp³-hybridized carbons (Fsp3) is 0.200. The fourth-order valence-corrected chi connectivity index (χ4v) is 5.84. The number of aromatic amines is 2. The summed E-state index contributed by atoms with van der Waals surface area (Å²) >= 11 is 0. The van der Waals surface area contributed by atoms with Crippen molar-refractivity contribution in [1.29, 1.82) is 0 Å². The van der Waals surface area contributed by atoms with Crippen LogP contribution in [-0.4, -0.2) is 44.3 Å². The maximum Gasteiger partial charge on any atom is 0.252 e. The smallest absolute Gasteiger partial charge is 0.252 e. The molecule has 8 heteroatoms. The van der Waals surface area contributed by atoms with Crippen molar-refractivity contribution in [2.24, 2.45) is 5.92 Å². The molecule has 0 bridgehead atoms. The minimum absolute atomic E-state index is 0.172. The Morgan fingerprint density at radius 1 is 0.814 bits per heavy atom. The van der Waals surface area contributed by atoms with E-state index in [1.54, 1.807) is 29.8 Å². The van der Waals surface area contributed by atoms with E-state index < -0.39 is 12.0 Å². The summed E-state index contributed by atoms with van der Waals surface area (Å²) in [4.78, 5) is 44.3. The molecule has 43 heavy (non-hydrogen) atoms. The molecule has 0 radical (unpaired) electrons. The number of carbonyl (C=O) groups is 2. The monoisotopic (exact) mass is 570 g/mol. The Hall–Kier alpha value is -5.24. The first-order chi connectivity index (χ1) is 21.1. The maximum atomic E-state index is 14.3. The lowest BCUT2D eigenvalue weighted by atomic mass is 9.87. The number of amides is 2. The van der Waals surface area contributed by atoms with Gasteiger partial charge in [0, 0.05) is 43.2 Å². The van der Waals surface area contributed by atoms with E-state index in [2.05, 4.69) is 73.8 Å². The Labute approximate surface area is 250 Å². The third-order valence-corrected chi connectivity index (χ3v) is 7.98. The van der Waals surface area contributed by atoms with E-state index >= 15 is 0 Å².